The van der Waals surface area contributed by atoms with Gasteiger partial charge in [0.25, 0.3) is 0 Å². The van der Waals surface area contributed by atoms with Gasteiger partial charge in [-0.25, -0.2) is 0 Å². The lowest BCUT2D eigenvalue weighted by Crippen LogP contribution is -2.49. The van der Waals surface area contributed by atoms with Crippen LogP contribution in [0.1, 0.15) is 11.8 Å². The summed E-state index contributed by atoms with van der Waals surface area (Å²) in [6.07, 6.45) is 0. The van der Waals surface area contributed by atoms with Gasteiger partial charge in [-0.3, -0.25) is 9.69 Å². The van der Waals surface area contributed by atoms with Crippen molar-refractivity contribution in [2.24, 2.45) is 0 Å². The minimum atomic E-state index is 0.0142. The summed E-state index contributed by atoms with van der Waals surface area (Å²) in [5.74, 6) is 1.52. The molecular formula is C14H18N4O3S. The smallest absolute Gasteiger partial charge is 0.234 e. The molecule has 3 rings (SSSR count). The molecule has 7 nitrogen and oxygen atoms in total. The Balaban J connectivity index is 1.44. The van der Waals surface area contributed by atoms with Gasteiger partial charge in [0, 0.05) is 26.7 Å². The van der Waals surface area contributed by atoms with Crippen molar-refractivity contribution < 1.29 is 14.1 Å². The van der Waals surface area contributed by atoms with Gasteiger partial charge in [-0.2, -0.15) is 4.98 Å². The number of likely N-dealkylation sites (tertiary alicyclic amines) is 1. The van der Waals surface area contributed by atoms with Crippen molar-refractivity contribution in [1.29, 1.82) is 0 Å². The van der Waals surface area contributed by atoms with Crippen LogP contribution in [0.3, 0.4) is 0 Å². The number of carbonyl (C=O) groups excluding carboxylic acids is 1. The van der Waals surface area contributed by atoms with Gasteiger partial charge in [-0.1, -0.05) is 11.2 Å². The maximum absolute atomic E-state index is 11.7. The van der Waals surface area contributed by atoms with E-state index in [9.17, 15) is 4.79 Å². The molecule has 1 amide bonds. The highest BCUT2D eigenvalue weighted by Crippen LogP contribution is 2.28. The first-order chi connectivity index (χ1) is 10.8. The number of rotatable bonds is 7. The number of ether oxygens (including phenoxy) is 1. The number of nitrogens with one attached hydrogen (secondary N) is 1. The van der Waals surface area contributed by atoms with E-state index in [4.69, 9.17) is 9.26 Å². The average Bonchev–Trinajstić information content (AvgIpc) is 3.13. The molecule has 0 spiro atoms. The lowest BCUT2D eigenvalue weighted by Gasteiger charge is -2.36. The van der Waals surface area contributed by atoms with E-state index in [0.29, 0.717) is 31.4 Å². The Labute approximate surface area is 132 Å². The van der Waals surface area contributed by atoms with Crippen molar-refractivity contribution in [2.75, 3.05) is 39.9 Å². The van der Waals surface area contributed by atoms with E-state index in [0.717, 1.165) is 18.0 Å². The van der Waals surface area contributed by atoms with Crippen molar-refractivity contribution in [1.82, 2.24) is 20.4 Å². The Morgan fingerprint density at radius 1 is 1.59 bits per heavy atom. The third kappa shape index (κ3) is 3.52. The summed E-state index contributed by atoms with van der Waals surface area (Å²) in [6.45, 7) is 3.00. The second-order valence-electron chi connectivity index (χ2n) is 5.17. The number of hydrogen-bond acceptors (Lipinski definition) is 7. The Kier molecular flexibility index (Phi) is 4.81. The summed E-state index contributed by atoms with van der Waals surface area (Å²) in [5.41, 5.74) is 0. The van der Waals surface area contributed by atoms with Crippen LogP contribution in [0.4, 0.5) is 0 Å². The van der Waals surface area contributed by atoms with E-state index >= 15 is 0 Å². The Morgan fingerprint density at radius 2 is 2.45 bits per heavy atom. The summed E-state index contributed by atoms with van der Waals surface area (Å²) in [4.78, 5) is 19.2. The van der Waals surface area contributed by atoms with E-state index in [1.165, 1.54) is 0 Å². The normalized spacial score (nSPS) is 15.7. The molecule has 0 unspecified atom stereocenters. The maximum Gasteiger partial charge on any atom is 0.234 e. The first-order valence-electron chi connectivity index (χ1n) is 7.11. The molecule has 2 aromatic rings. The molecular weight excluding hydrogens is 304 g/mol. The average molecular weight is 322 g/mol. The van der Waals surface area contributed by atoms with Gasteiger partial charge in [-0.15, -0.1) is 11.3 Å². The van der Waals surface area contributed by atoms with E-state index in [1.807, 2.05) is 17.5 Å². The topological polar surface area (TPSA) is 80.5 Å². The molecule has 0 atom stereocenters. The summed E-state index contributed by atoms with van der Waals surface area (Å²) in [7, 11) is 1.61. The molecule has 1 aliphatic rings. The number of amides is 1. The highest BCUT2D eigenvalue weighted by molar-refractivity contribution is 7.13. The standard InChI is InChI=1S/C14H18N4O3S/c1-20-5-4-15-12(19)9-18-7-10(8-18)14-16-13(17-21-14)11-3-2-6-22-11/h2-3,6,10H,4-5,7-9H2,1H3,(H,15,19). The number of carbonyl (C=O) groups is 1. The molecule has 8 heteroatoms. The molecule has 0 radical (unpaired) electrons. The zero-order valence-corrected chi connectivity index (χ0v) is 13.1. The van der Waals surface area contributed by atoms with Crippen molar-refractivity contribution >= 4 is 17.2 Å². The predicted molar refractivity (Wildman–Crippen MR) is 81.7 cm³/mol. The Hall–Kier alpha value is -1.77. The van der Waals surface area contributed by atoms with Crippen LogP contribution < -0.4 is 5.32 Å². The maximum atomic E-state index is 11.7. The molecule has 118 valence electrons. The molecule has 1 fully saturated rings. The fourth-order valence-corrected chi connectivity index (χ4v) is 2.96. The molecule has 0 bridgehead atoms. The molecule has 0 aliphatic carbocycles. The van der Waals surface area contributed by atoms with Gasteiger partial charge < -0.3 is 14.6 Å². The van der Waals surface area contributed by atoms with E-state index in [1.54, 1.807) is 18.4 Å². The summed E-state index contributed by atoms with van der Waals surface area (Å²) < 4.78 is 10.2. The number of hydrogen-bond donors (Lipinski definition) is 1. The summed E-state index contributed by atoms with van der Waals surface area (Å²) >= 11 is 1.59. The SMILES string of the molecule is COCCNC(=O)CN1CC(c2nc(-c3cccs3)no2)C1. The van der Waals surface area contributed by atoms with Gasteiger partial charge in [0.1, 0.15) is 0 Å². The molecule has 0 saturated carbocycles. The van der Waals surface area contributed by atoms with Crippen LogP contribution in [0.15, 0.2) is 22.0 Å². The molecule has 3 heterocycles. The van der Waals surface area contributed by atoms with Crippen LogP contribution in [0.2, 0.25) is 0 Å². The molecule has 1 saturated heterocycles. The van der Waals surface area contributed by atoms with E-state index < -0.39 is 0 Å². The van der Waals surface area contributed by atoms with Crippen LogP contribution in [0.5, 0.6) is 0 Å². The lowest BCUT2D eigenvalue weighted by molar-refractivity contribution is -0.123. The largest absolute Gasteiger partial charge is 0.383 e. The van der Waals surface area contributed by atoms with Gasteiger partial charge in [0.2, 0.25) is 17.6 Å². The predicted octanol–water partition coefficient (Wildman–Crippen LogP) is 0.960. The van der Waals surface area contributed by atoms with Crippen molar-refractivity contribution in [3.63, 3.8) is 0 Å². The quantitative estimate of drug-likeness (QED) is 0.765. The molecule has 1 N–H and O–H groups in total. The van der Waals surface area contributed by atoms with Gasteiger partial charge >= 0.3 is 0 Å². The fourth-order valence-electron chi connectivity index (χ4n) is 2.31. The van der Waals surface area contributed by atoms with Crippen LogP contribution >= 0.6 is 11.3 Å². The van der Waals surface area contributed by atoms with Crippen LogP contribution in [-0.2, 0) is 9.53 Å². The highest BCUT2D eigenvalue weighted by atomic mass is 32.1. The Morgan fingerprint density at radius 3 is 3.18 bits per heavy atom. The van der Waals surface area contributed by atoms with Crippen molar-refractivity contribution in [3.8, 4) is 10.7 Å². The van der Waals surface area contributed by atoms with Crippen molar-refractivity contribution in [2.45, 2.75) is 5.92 Å². The second-order valence-corrected chi connectivity index (χ2v) is 6.11. The zero-order chi connectivity index (χ0) is 15.4. The number of methoxy groups -OCH3 is 1. The summed E-state index contributed by atoms with van der Waals surface area (Å²) in [5, 5.41) is 8.80. The van der Waals surface area contributed by atoms with Crippen LogP contribution in [0, 0.1) is 0 Å². The molecule has 22 heavy (non-hydrogen) atoms. The number of aromatic nitrogens is 2. The Bertz CT molecular complexity index is 607. The first kappa shape index (κ1) is 15.1. The number of nitrogens with zero attached hydrogens (tertiary/aromatic N) is 3. The minimum Gasteiger partial charge on any atom is -0.383 e. The summed E-state index contributed by atoms with van der Waals surface area (Å²) in [6, 6.07) is 3.93. The fraction of sp³-hybridized carbons (Fsp3) is 0.500. The van der Waals surface area contributed by atoms with Crippen molar-refractivity contribution in [3.05, 3.63) is 23.4 Å². The first-order valence-corrected chi connectivity index (χ1v) is 7.99. The van der Waals surface area contributed by atoms with Crippen LogP contribution in [0.25, 0.3) is 10.7 Å². The van der Waals surface area contributed by atoms with Gasteiger partial charge in [0.05, 0.1) is 23.9 Å². The monoisotopic (exact) mass is 322 g/mol. The van der Waals surface area contributed by atoms with Gasteiger partial charge in [-0.05, 0) is 11.4 Å². The third-order valence-corrected chi connectivity index (χ3v) is 4.35. The zero-order valence-electron chi connectivity index (χ0n) is 12.3. The lowest BCUT2D eigenvalue weighted by atomic mass is 10.0. The highest BCUT2D eigenvalue weighted by Gasteiger charge is 2.33. The third-order valence-electron chi connectivity index (χ3n) is 3.49. The molecule has 1 aliphatic heterocycles. The van der Waals surface area contributed by atoms with E-state index in [2.05, 4.69) is 20.4 Å². The second kappa shape index (κ2) is 6.99. The molecule has 0 aromatic carbocycles. The minimum absolute atomic E-state index is 0.0142. The van der Waals surface area contributed by atoms with E-state index in [-0.39, 0.29) is 11.8 Å². The molecule has 2 aromatic heterocycles. The van der Waals surface area contributed by atoms with Crippen LogP contribution in [-0.4, -0.2) is 60.8 Å². The van der Waals surface area contributed by atoms with Gasteiger partial charge in [0.15, 0.2) is 0 Å². The number of thiophene rings is 1.